The molecule has 4 aromatic rings. The molecule has 0 aliphatic heterocycles. The summed E-state index contributed by atoms with van der Waals surface area (Å²) in [5.74, 6) is 0.597. The van der Waals surface area contributed by atoms with Crippen molar-refractivity contribution in [3.63, 3.8) is 0 Å². The van der Waals surface area contributed by atoms with Crippen LogP contribution in [0.15, 0.2) is 87.1 Å². The zero-order chi connectivity index (χ0) is 20.1. The van der Waals surface area contributed by atoms with Crippen LogP contribution in [0.4, 0.5) is 5.69 Å². The van der Waals surface area contributed by atoms with Crippen LogP contribution in [0.1, 0.15) is 20.7 Å². The van der Waals surface area contributed by atoms with Crippen LogP contribution < -0.4 is 5.32 Å². The molecule has 0 aliphatic rings. The van der Waals surface area contributed by atoms with E-state index in [2.05, 4.69) is 15.5 Å². The van der Waals surface area contributed by atoms with Gasteiger partial charge >= 0.3 is 0 Å². The highest BCUT2D eigenvalue weighted by Gasteiger charge is 2.14. The number of carbonyl (C=O) groups excluding carboxylic acids is 2. The van der Waals surface area contributed by atoms with E-state index in [0.29, 0.717) is 22.6 Å². The highest BCUT2D eigenvalue weighted by Crippen LogP contribution is 2.24. The Morgan fingerprint density at radius 2 is 1.69 bits per heavy atom. The predicted octanol–water partition coefficient (Wildman–Crippen LogP) is 4.56. The van der Waals surface area contributed by atoms with Crippen LogP contribution in [0.5, 0.6) is 0 Å². The van der Waals surface area contributed by atoms with Crippen molar-refractivity contribution in [1.29, 1.82) is 0 Å². The zero-order valence-electron chi connectivity index (χ0n) is 15.1. The number of nitrogens with one attached hydrogen (secondary N) is 1. The average Bonchev–Trinajstić information content (AvgIpc) is 3.45. The lowest BCUT2D eigenvalue weighted by molar-refractivity contribution is 0.101. The van der Waals surface area contributed by atoms with Crippen LogP contribution >= 0.6 is 11.8 Å². The van der Waals surface area contributed by atoms with Gasteiger partial charge in [0.2, 0.25) is 0 Å². The lowest BCUT2D eigenvalue weighted by Crippen LogP contribution is -2.11. The van der Waals surface area contributed by atoms with Gasteiger partial charge in [-0.3, -0.25) is 9.59 Å². The lowest BCUT2D eigenvalue weighted by Gasteiger charge is -2.06. The number of rotatable bonds is 7. The summed E-state index contributed by atoms with van der Waals surface area (Å²) in [5.41, 5.74) is 1.71. The first-order valence-electron chi connectivity index (χ1n) is 8.69. The molecule has 2 aromatic heterocycles. The molecule has 0 radical (unpaired) electrons. The monoisotopic (exact) mass is 405 g/mol. The molecule has 0 saturated carbocycles. The first-order chi connectivity index (χ1) is 14.2. The molecule has 0 bridgehead atoms. The summed E-state index contributed by atoms with van der Waals surface area (Å²) in [6, 6.07) is 19.1. The van der Waals surface area contributed by atoms with Crippen LogP contribution in [0.25, 0.3) is 11.7 Å². The predicted molar refractivity (Wildman–Crippen MR) is 108 cm³/mol. The molecule has 2 aromatic carbocycles. The minimum Gasteiger partial charge on any atom is -0.459 e. The van der Waals surface area contributed by atoms with E-state index in [1.54, 1.807) is 60.7 Å². The van der Waals surface area contributed by atoms with E-state index in [1.165, 1.54) is 6.26 Å². The second-order valence-electron chi connectivity index (χ2n) is 5.96. The number of anilines is 1. The van der Waals surface area contributed by atoms with Crippen LogP contribution in [0.3, 0.4) is 0 Å². The molecule has 8 heteroatoms. The molecule has 0 fully saturated rings. The number of benzene rings is 2. The highest BCUT2D eigenvalue weighted by atomic mass is 32.2. The Bertz CT molecular complexity index is 1110. The van der Waals surface area contributed by atoms with Crippen molar-refractivity contribution in [1.82, 2.24) is 10.2 Å². The van der Waals surface area contributed by atoms with Crippen molar-refractivity contribution < 1.29 is 18.4 Å². The Morgan fingerprint density at radius 1 is 0.897 bits per heavy atom. The fourth-order valence-corrected chi connectivity index (χ4v) is 3.17. The maximum absolute atomic E-state index is 12.4. The van der Waals surface area contributed by atoms with Crippen molar-refractivity contribution in [3.8, 4) is 11.7 Å². The normalized spacial score (nSPS) is 10.6. The topological polar surface area (TPSA) is 98.2 Å². The van der Waals surface area contributed by atoms with Gasteiger partial charge in [-0.15, -0.1) is 10.2 Å². The SMILES string of the molecule is O=C(CSc1nnc(-c2ccco2)o1)c1ccc(NC(=O)c2ccccc2)cc1. The standard InChI is InChI=1S/C21H15N3O4S/c25-17(13-29-21-24-23-20(28-21)18-7-4-12-27-18)14-8-10-16(11-9-14)22-19(26)15-5-2-1-3-6-15/h1-12H,13H2,(H,22,26). The number of ketones is 1. The number of hydrogen-bond acceptors (Lipinski definition) is 7. The lowest BCUT2D eigenvalue weighted by atomic mass is 10.1. The van der Waals surface area contributed by atoms with Gasteiger partial charge in [-0.25, -0.2) is 0 Å². The van der Waals surface area contributed by atoms with E-state index in [1.807, 2.05) is 6.07 Å². The fraction of sp³-hybridized carbons (Fsp3) is 0.0476. The third kappa shape index (κ3) is 4.61. The average molecular weight is 405 g/mol. The van der Waals surface area contributed by atoms with Gasteiger partial charge < -0.3 is 14.2 Å². The van der Waals surface area contributed by atoms with Crippen molar-refractivity contribution in [3.05, 3.63) is 84.1 Å². The molecule has 1 N–H and O–H groups in total. The van der Waals surface area contributed by atoms with Crippen LogP contribution in [-0.4, -0.2) is 27.6 Å². The zero-order valence-corrected chi connectivity index (χ0v) is 15.9. The number of Topliss-reactive ketones (excluding diaryl/α,β-unsaturated/α-hetero) is 1. The molecule has 0 spiro atoms. The first kappa shape index (κ1) is 18.7. The Balaban J connectivity index is 1.33. The Labute approximate surface area is 170 Å². The van der Waals surface area contributed by atoms with Crippen LogP contribution in [0, 0.1) is 0 Å². The van der Waals surface area contributed by atoms with Gasteiger partial charge in [-0.05, 0) is 48.5 Å². The maximum Gasteiger partial charge on any atom is 0.284 e. The van der Waals surface area contributed by atoms with Gasteiger partial charge in [0.05, 0.1) is 12.0 Å². The number of furan rings is 1. The molecule has 7 nitrogen and oxygen atoms in total. The molecule has 29 heavy (non-hydrogen) atoms. The Hall–Kier alpha value is -3.65. The number of thioether (sulfide) groups is 1. The molecule has 0 aliphatic carbocycles. The number of carbonyl (C=O) groups is 2. The molecule has 0 unspecified atom stereocenters. The summed E-state index contributed by atoms with van der Waals surface area (Å²) in [5, 5.41) is 10.9. The molecule has 4 rings (SSSR count). The summed E-state index contributed by atoms with van der Waals surface area (Å²) in [6.07, 6.45) is 1.52. The molecular weight excluding hydrogens is 390 g/mol. The number of nitrogens with zero attached hydrogens (tertiary/aromatic N) is 2. The van der Waals surface area contributed by atoms with Crippen molar-refractivity contribution in [2.75, 3.05) is 11.1 Å². The van der Waals surface area contributed by atoms with Gasteiger partial charge in [0.25, 0.3) is 17.0 Å². The Morgan fingerprint density at radius 3 is 2.41 bits per heavy atom. The van der Waals surface area contributed by atoms with Crippen LogP contribution in [-0.2, 0) is 0 Å². The quantitative estimate of drug-likeness (QED) is 0.355. The number of aromatic nitrogens is 2. The van der Waals surface area contributed by atoms with E-state index in [0.717, 1.165) is 11.8 Å². The van der Waals surface area contributed by atoms with Crippen molar-refractivity contribution in [2.24, 2.45) is 0 Å². The van der Waals surface area contributed by atoms with Gasteiger partial charge in [0, 0.05) is 16.8 Å². The number of hydrogen-bond donors (Lipinski definition) is 1. The highest BCUT2D eigenvalue weighted by molar-refractivity contribution is 7.99. The molecular formula is C21H15N3O4S. The van der Waals surface area contributed by atoms with E-state index in [-0.39, 0.29) is 28.6 Å². The number of amides is 1. The van der Waals surface area contributed by atoms with Gasteiger partial charge in [0.1, 0.15) is 0 Å². The largest absolute Gasteiger partial charge is 0.459 e. The molecule has 144 valence electrons. The van der Waals surface area contributed by atoms with E-state index >= 15 is 0 Å². The second-order valence-corrected chi connectivity index (χ2v) is 6.89. The third-order valence-electron chi connectivity index (χ3n) is 3.97. The molecule has 2 heterocycles. The minimum atomic E-state index is -0.205. The van der Waals surface area contributed by atoms with E-state index in [9.17, 15) is 9.59 Å². The first-order valence-corrected chi connectivity index (χ1v) is 9.67. The summed E-state index contributed by atoms with van der Waals surface area (Å²) in [6.45, 7) is 0. The van der Waals surface area contributed by atoms with Gasteiger partial charge in [-0.1, -0.05) is 30.0 Å². The summed E-state index contributed by atoms with van der Waals surface area (Å²) < 4.78 is 10.7. The molecule has 0 atom stereocenters. The minimum absolute atomic E-state index is 0.0892. The fourth-order valence-electron chi connectivity index (χ4n) is 2.51. The third-order valence-corrected chi connectivity index (χ3v) is 4.78. The van der Waals surface area contributed by atoms with E-state index < -0.39 is 0 Å². The Kier molecular flexibility index (Phi) is 5.53. The second kappa shape index (κ2) is 8.57. The van der Waals surface area contributed by atoms with Crippen molar-refractivity contribution in [2.45, 2.75) is 5.22 Å². The smallest absolute Gasteiger partial charge is 0.284 e. The molecule has 1 amide bonds. The van der Waals surface area contributed by atoms with E-state index in [4.69, 9.17) is 8.83 Å². The molecule has 0 saturated heterocycles. The van der Waals surface area contributed by atoms with Gasteiger partial charge in [0.15, 0.2) is 11.5 Å². The van der Waals surface area contributed by atoms with Crippen LogP contribution in [0.2, 0.25) is 0 Å². The summed E-state index contributed by atoms with van der Waals surface area (Å²) >= 11 is 1.15. The maximum atomic E-state index is 12.4. The van der Waals surface area contributed by atoms with Gasteiger partial charge in [-0.2, -0.15) is 0 Å². The van der Waals surface area contributed by atoms with Crippen molar-refractivity contribution >= 4 is 29.1 Å². The summed E-state index contributed by atoms with van der Waals surface area (Å²) in [7, 11) is 0. The summed E-state index contributed by atoms with van der Waals surface area (Å²) in [4.78, 5) is 24.6.